The Bertz CT molecular complexity index is 531. The number of hydrogen-bond donors (Lipinski definition) is 1. The highest BCUT2D eigenvalue weighted by Crippen LogP contribution is 2.26. The Morgan fingerprint density at radius 3 is 3.00 bits per heavy atom. The fourth-order valence-corrected chi connectivity index (χ4v) is 3.17. The molecule has 0 aliphatic carbocycles. The van der Waals surface area contributed by atoms with Crippen LogP contribution in [-0.4, -0.2) is 17.0 Å². The lowest BCUT2D eigenvalue weighted by Gasteiger charge is -2.16. The van der Waals surface area contributed by atoms with Gasteiger partial charge in [-0.1, -0.05) is 32.0 Å². The first kappa shape index (κ1) is 14.0. The number of rotatable bonds is 3. The van der Waals surface area contributed by atoms with Crippen LogP contribution in [0, 0.1) is 24.2 Å². The lowest BCUT2D eigenvalue weighted by atomic mass is 10.0. The number of nitrogens with zero attached hydrogens (tertiary/aromatic N) is 2. The van der Waals surface area contributed by atoms with Gasteiger partial charge >= 0.3 is 0 Å². The Morgan fingerprint density at radius 2 is 2.37 bits per heavy atom. The molecule has 3 nitrogen and oxygen atoms in total. The predicted molar refractivity (Wildman–Crippen MR) is 81.8 cm³/mol. The SMILES string of the molecule is CCC(C)[C@H]1CSC(=Nc2ccc(C#N)cc2C)N1. The summed E-state index contributed by atoms with van der Waals surface area (Å²) in [7, 11) is 0. The van der Waals surface area contributed by atoms with Gasteiger partial charge in [-0.2, -0.15) is 5.26 Å². The van der Waals surface area contributed by atoms with Gasteiger partial charge in [-0.25, -0.2) is 4.99 Å². The number of nitriles is 1. The molecule has 19 heavy (non-hydrogen) atoms. The fraction of sp³-hybridized carbons (Fsp3) is 0.467. The maximum Gasteiger partial charge on any atom is 0.162 e. The van der Waals surface area contributed by atoms with Crippen molar-refractivity contribution in [1.29, 1.82) is 5.26 Å². The first-order valence-electron chi connectivity index (χ1n) is 6.62. The summed E-state index contributed by atoms with van der Waals surface area (Å²) in [6.07, 6.45) is 1.18. The highest BCUT2D eigenvalue weighted by molar-refractivity contribution is 8.14. The average Bonchev–Trinajstić information content (AvgIpc) is 2.88. The van der Waals surface area contributed by atoms with Crippen molar-refractivity contribution in [2.45, 2.75) is 33.2 Å². The maximum absolute atomic E-state index is 8.86. The Morgan fingerprint density at radius 1 is 1.58 bits per heavy atom. The van der Waals surface area contributed by atoms with E-state index in [9.17, 15) is 0 Å². The minimum atomic E-state index is 0.521. The lowest BCUT2D eigenvalue weighted by molar-refractivity contribution is 0.450. The second-order valence-corrected chi connectivity index (χ2v) is 5.99. The van der Waals surface area contributed by atoms with Gasteiger partial charge in [0, 0.05) is 11.8 Å². The Hall–Kier alpha value is -1.47. The van der Waals surface area contributed by atoms with Crippen LogP contribution in [0.15, 0.2) is 23.2 Å². The summed E-state index contributed by atoms with van der Waals surface area (Å²) in [6.45, 7) is 6.48. The van der Waals surface area contributed by atoms with Crippen LogP contribution in [0.25, 0.3) is 0 Å². The summed E-state index contributed by atoms with van der Waals surface area (Å²) in [6, 6.07) is 8.28. The van der Waals surface area contributed by atoms with E-state index in [1.807, 2.05) is 25.1 Å². The van der Waals surface area contributed by atoms with Crippen LogP contribution in [0.1, 0.15) is 31.4 Å². The summed E-state index contributed by atoms with van der Waals surface area (Å²) < 4.78 is 0. The van der Waals surface area contributed by atoms with Gasteiger partial charge in [0.2, 0.25) is 0 Å². The summed E-state index contributed by atoms with van der Waals surface area (Å²) in [5.41, 5.74) is 2.67. The predicted octanol–water partition coefficient (Wildman–Crippen LogP) is 3.61. The van der Waals surface area contributed by atoms with E-state index < -0.39 is 0 Å². The molecule has 4 heteroatoms. The first-order valence-corrected chi connectivity index (χ1v) is 7.61. The van der Waals surface area contributed by atoms with E-state index in [1.54, 1.807) is 11.8 Å². The van der Waals surface area contributed by atoms with Crippen LogP contribution >= 0.6 is 11.8 Å². The summed E-state index contributed by atoms with van der Waals surface area (Å²) in [5.74, 6) is 1.76. The Kier molecular flexibility index (Phi) is 4.49. The van der Waals surface area contributed by atoms with Crippen LogP contribution < -0.4 is 5.32 Å². The van der Waals surface area contributed by atoms with E-state index in [4.69, 9.17) is 5.26 Å². The van der Waals surface area contributed by atoms with Gasteiger partial charge in [0.1, 0.15) is 0 Å². The molecule has 0 radical (unpaired) electrons. The topological polar surface area (TPSA) is 48.2 Å². The second kappa shape index (κ2) is 6.12. The van der Waals surface area contributed by atoms with Gasteiger partial charge in [0.05, 0.1) is 17.3 Å². The van der Waals surface area contributed by atoms with Crippen molar-refractivity contribution in [2.24, 2.45) is 10.9 Å². The van der Waals surface area contributed by atoms with Crippen LogP contribution in [0.2, 0.25) is 0 Å². The number of hydrogen-bond acceptors (Lipinski definition) is 3. The minimum Gasteiger partial charge on any atom is -0.361 e. The van der Waals surface area contributed by atoms with Crippen LogP contribution in [0.5, 0.6) is 0 Å². The van der Waals surface area contributed by atoms with Crippen molar-refractivity contribution in [1.82, 2.24) is 5.32 Å². The molecule has 1 aliphatic heterocycles. The molecule has 1 aromatic rings. The number of thioether (sulfide) groups is 1. The quantitative estimate of drug-likeness (QED) is 0.915. The molecule has 1 heterocycles. The molecular formula is C15H19N3S. The molecule has 0 aromatic heterocycles. The second-order valence-electron chi connectivity index (χ2n) is 4.98. The third kappa shape index (κ3) is 3.30. The molecular weight excluding hydrogens is 254 g/mol. The molecule has 100 valence electrons. The van der Waals surface area contributed by atoms with Gasteiger partial charge in [-0.15, -0.1) is 0 Å². The van der Waals surface area contributed by atoms with Crippen molar-refractivity contribution >= 4 is 22.6 Å². The zero-order valence-corrected chi connectivity index (χ0v) is 12.4. The highest BCUT2D eigenvalue weighted by atomic mass is 32.2. The normalized spacial score (nSPS) is 22.0. The third-order valence-electron chi connectivity index (χ3n) is 3.59. The van der Waals surface area contributed by atoms with Crippen LogP contribution in [-0.2, 0) is 0 Å². The number of aliphatic imine (C=N–C) groups is 1. The van der Waals surface area contributed by atoms with E-state index in [1.165, 1.54) is 6.42 Å². The van der Waals surface area contributed by atoms with Crippen molar-refractivity contribution in [3.63, 3.8) is 0 Å². The molecule has 1 aromatic carbocycles. The van der Waals surface area contributed by atoms with Crippen LogP contribution in [0.3, 0.4) is 0 Å². The monoisotopic (exact) mass is 273 g/mol. The number of aryl methyl sites for hydroxylation is 1. The van der Waals surface area contributed by atoms with E-state index in [-0.39, 0.29) is 0 Å². The molecule has 0 amide bonds. The largest absolute Gasteiger partial charge is 0.361 e. The molecule has 0 spiro atoms. The van der Waals surface area contributed by atoms with Crippen molar-refractivity contribution in [2.75, 3.05) is 5.75 Å². The fourth-order valence-electron chi connectivity index (χ4n) is 2.03. The number of benzene rings is 1. The van der Waals surface area contributed by atoms with Crippen molar-refractivity contribution in [3.05, 3.63) is 29.3 Å². The van der Waals surface area contributed by atoms with Crippen molar-refractivity contribution in [3.8, 4) is 6.07 Å². The lowest BCUT2D eigenvalue weighted by Crippen LogP contribution is -2.32. The van der Waals surface area contributed by atoms with Crippen LogP contribution in [0.4, 0.5) is 5.69 Å². The summed E-state index contributed by atoms with van der Waals surface area (Å²) in [5, 5.41) is 13.3. The summed E-state index contributed by atoms with van der Waals surface area (Å²) in [4.78, 5) is 4.66. The zero-order valence-electron chi connectivity index (χ0n) is 11.6. The number of nitrogens with one attached hydrogen (secondary N) is 1. The molecule has 1 saturated heterocycles. The molecule has 0 bridgehead atoms. The van der Waals surface area contributed by atoms with Gasteiger partial charge in [-0.3, -0.25) is 0 Å². The summed E-state index contributed by atoms with van der Waals surface area (Å²) >= 11 is 1.78. The number of amidine groups is 1. The Balaban J connectivity index is 2.13. The van der Waals surface area contributed by atoms with Gasteiger partial charge in [0.15, 0.2) is 5.17 Å². The first-order chi connectivity index (χ1) is 9.13. The molecule has 2 atom stereocenters. The van der Waals surface area contributed by atoms with E-state index in [0.29, 0.717) is 17.5 Å². The maximum atomic E-state index is 8.86. The Labute approximate surface area is 119 Å². The van der Waals surface area contributed by atoms with Gasteiger partial charge < -0.3 is 5.32 Å². The minimum absolute atomic E-state index is 0.521. The molecule has 0 saturated carbocycles. The highest BCUT2D eigenvalue weighted by Gasteiger charge is 2.24. The standard InChI is InChI=1S/C15H19N3S/c1-4-10(2)14-9-19-15(18-14)17-13-6-5-12(8-16)7-11(13)3/h5-7,10,14H,4,9H2,1-3H3,(H,17,18)/t10?,14-/m1/s1. The average molecular weight is 273 g/mol. The van der Waals surface area contributed by atoms with E-state index >= 15 is 0 Å². The smallest absolute Gasteiger partial charge is 0.162 e. The molecule has 1 fully saturated rings. The zero-order chi connectivity index (χ0) is 13.8. The van der Waals surface area contributed by atoms with E-state index in [0.717, 1.165) is 22.2 Å². The van der Waals surface area contributed by atoms with Crippen molar-refractivity contribution < 1.29 is 0 Å². The molecule has 1 unspecified atom stereocenters. The third-order valence-corrected chi connectivity index (χ3v) is 4.60. The molecule has 1 aliphatic rings. The van der Waals surface area contributed by atoms with Gasteiger partial charge in [0.25, 0.3) is 0 Å². The molecule has 1 N–H and O–H groups in total. The molecule has 2 rings (SSSR count). The van der Waals surface area contributed by atoms with Gasteiger partial charge in [-0.05, 0) is 36.6 Å². The van der Waals surface area contributed by atoms with E-state index in [2.05, 4.69) is 30.2 Å².